The summed E-state index contributed by atoms with van der Waals surface area (Å²) in [6, 6.07) is 15.2. The number of carboxylic acids is 1. The summed E-state index contributed by atoms with van der Waals surface area (Å²) in [6.07, 6.45) is 13.9. The van der Waals surface area contributed by atoms with Crippen LogP contribution in [0.2, 0.25) is 0 Å². The highest BCUT2D eigenvalue weighted by atomic mass is 19.1. The Kier molecular flexibility index (Phi) is 10.7. The topological polar surface area (TPSA) is 59.6 Å². The number of halogens is 1. The van der Waals surface area contributed by atoms with Gasteiger partial charge >= 0.3 is 5.97 Å². The van der Waals surface area contributed by atoms with Crippen molar-refractivity contribution in [2.24, 2.45) is 0 Å². The molecule has 0 bridgehead atoms. The van der Waals surface area contributed by atoms with Gasteiger partial charge in [0.2, 0.25) is 0 Å². The number of fused-ring (bicyclic) bond motifs is 3. The van der Waals surface area contributed by atoms with Crippen LogP contribution in [-0.4, -0.2) is 45.5 Å². The molecule has 0 fully saturated rings. The quantitative estimate of drug-likeness (QED) is 0.172. The van der Waals surface area contributed by atoms with Crippen molar-refractivity contribution >= 4 is 16.9 Å². The van der Waals surface area contributed by atoms with E-state index in [1.54, 1.807) is 18.2 Å². The number of rotatable bonds is 12. The molecule has 0 spiro atoms. The third kappa shape index (κ3) is 7.37. The number of allylic oxidation sites excluding steroid dienone is 5. The van der Waals surface area contributed by atoms with Crippen molar-refractivity contribution in [3.05, 3.63) is 130 Å². The van der Waals surface area contributed by atoms with Gasteiger partial charge in [-0.2, -0.15) is 0 Å². The largest absolute Gasteiger partial charge is 0.478 e. The van der Waals surface area contributed by atoms with E-state index >= 15 is 0 Å². The van der Waals surface area contributed by atoms with E-state index in [1.807, 2.05) is 26.0 Å². The smallest absolute Gasteiger partial charge is 0.335 e. The molecule has 1 aromatic heterocycles. The van der Waals surface area contributed by atoms with Crippen LogP contribution < -0.4 is 0 Å². The van der Waals surface area contributed by atoms with Gasteiger partial charge in [0.25, 0.3) is 0 Å². The Morgan fingerprint density at radius 1 is 1.07 bits per heavy atom. The number of aliphatic carboxylic acids is 1. The van der Waals surface area contributed by atoms with Crippen molar-refractivity contribution in [2.75, 3.05) is 19.6 Å². The third-order valence-corrected chi connectivity index (χ3v) is 7.75. The Morgan fingerprint density at radius 2 is 1.83 bits per heavy atom. The number of nitrogens with one attached hydrogen (secondary N) is 1. The molecule has 2 N–H and O–H groups in total. The van der Waals surface area contributed by atoms with Crippen molar-refractivity contribution in [1.29, 1.82) is 0 Å². The minimum absolute atomic E-state index is 0.236. The average Bonchev–Trinajstić information content (AvgIpc) is 3.36. The molecular formula is C36H42FN3O2. The minimum Gasteiger partial charge on any atom is -0.478 e. The molecule has 0 radical (unpaired) electrons. The molecule has 0 saturated carbocycles. The SMILES string of the molecule is C\C=C/C(=C\C(=C\CC)C(=C/C)\N(CCc1ccc(F)cc1)/C(=C\C)CN1CCc2c([nH]c3ccccc23)C1)C(=O)O. The Bertz CT molecular complexity index is 1540. The number of carboxylic acid groups (broad SMARTS) is 1. The maximum Gasteiger partial charge on any atom is 0.335 e. The summed E-state index contributed by atoms with van der Waals surface area (Å²) < 4.78 is 13.6. The van der Waals surface area contributed by atoms with Crippen molar-refractivity contribution in [2.45, 2.75) is 53.5 Å². The lowest BCUT2D eigenvalue weighted by Gasteiger charge is -2.35. The molecule has 3 aromatic rings. The first-order valence-corrected chi connectivity index (χ1v) is 14.8. The fourth-order valence-corrected chi connectivity index (χ4v) is 5.72. The van der Waals surface area contributed by atoms with Gasteiger partial charge in [-0.3, -0.25) is 4.90 Å². The second-order valence-corrected chi connectivity index (χ2v) is 10.5. The standard InChI is InChI=1S/C36H42FN3O2/c1-5-11-27(23-28(12-6-2)36(41)42)35(8-4)40(22-19-26-15-17-29(37)18-16-26)30(7-3)24-39-21-20-32-31-13-9-10-14-33(31)38-34(32)25-39/h6-18,23,38H,5,19-22,24-25H2,1-4H3,(H,41,42)/b12-6-,27-11-,28-23+,30-7-,35-8+. The summed E-state index contributed by atoms with van der Waals surface area (Å²) in [5.74, 6) is -1.21. The summed E-state index contributed by atoms with van der Waals surface area (Å²) in [5.41, 5.74) is 8.12. The van der Waals surface area contributed by atoms with Gasteiger partial charge in [-0.15, -0.1) is 0 Å². The molecular weight excluding hydrogens is 525 g/mol. The molecule has 6 heteroatoms. The Balaban J connectivity index is 1.66. The van der Waals surface area contributed by atoms with Crippen LogP contribution in [-0.2, 0) is 24.2 Å². The predicted molar refractivity (Wildman–Crippen MR) is 171 cm³/mol. The zero-order chi connectivity index (χ0) is 30.1. The first-order valence-electron chi connectivity index (χ1n) is 14.8. The lowest BCUT2D eigenvalue weighted by molar-refractivity contribution is -0.132. The second-order valence-electron chi connectivity index (χ2n) is 10.5. The Morgan fingerprint density at radius 3 is 2.50 bits per heavy atom. The molecule has 1 aliphatic heterocycles. The summed E-state index contributed by atoms with van der Waals surface area (Å²) in [6.45, 7) is 11.1. The molecule has 42 heavy (non-hydrogen) atoms. The molecule has 0 amide bonds. The van der Waals surface area contributed by atoms with Gasteiger partial charge in [-0.25, -0.2) is 9.18 Å². The second kappa shape index (κ2) is 14.6. The summed E-state index contributed by atoms with van der Waals surface area (Å²) >= 11 is 0. The van der Waals surface area contributed by atoms with E-state index in [0.29, 0.717) is 13.0 Å². The highest BCUT2D eigenvalue weighted by Crippen LogP contribution is 2.30. The Labute approximate surface area is 249 Å². The molecule has 220 valence electrons. The Hall–Kier alpha value is -4.16. The summed E-state index contributed by atoms with van der Waals surface area (Å²) in [7, 11) is 0. The minimum atomic E-state index is -0.961. The van der Waals surface area contributed by atoms with Gasteiger partial charge in [0.05, 0.1) is 5.57 Å². The van der Waals surface area contributed by atoms with E-state index < -0.39 is 5.97 Å². The van der Waals surface area contributed by atoms with Crippen LogP contribution in [0.4, 0.5) is 4.39 Å². The molecule has 1 aliphatic rings. The summed E-state index contributed by atoms with van der Waals surface area (Å²) in [5, 5.41) is 11.2. The molecule has 0 atom stereocenters. The highest BCUT2D eigenvalue weighted by Gasteiger charge is 2.24. The fourth-order valence-electron chi connectivity index (χ4n) is 5.72. The summed E-state index contributed by atoms with van der Waals surface area (Å²) in [4.78, 5) is 20.4. The molecule has 0 unspecified atom stereocenters. The number of aromatic amines is 1. The van der Waals surface area contributed by atoms with E-state index in [9.17, 15) is 14.3 Å². The normalized spacial score (nSPS) is 15.5. The number of nitrogens with zero attached hydrogens (tertiary/aromatic N) is 2. The van der Waals surface area contributed by atoms with Crippen LogP contribution in [0.25, 0.3) is 10.9 Å². The van der Waals surface area contributed by atoms with Gasteiger partial charge in [0.1, 0.15) is 5.82 Å². The van der Waals surface area contributed by atoms with E-state index in [2.05, 4.69) is 71.1 Å². The number of hydrogen-bond donors (Lipinski definition) is 2. The van der Waals surface area contributed by atoms with Crippen molar-refractivity contribution < 1.29 is 14.3 Å². The molecule has 2 aromatic carbocycles. The van der Waals surface area contributed by atoms with Gasteiger partial charge in [0, 0.05) is 54.2 Å². The van der Waals surface area contributed by atoms with Crippen LogP contribution >= 0.6 is 0 Å². The van der Waals surface area contributed by atoms with Gasteiger partial charge < -0.3 is 15.0 Å². The van der Waals surface area contributed by atoms with E-state index in [-0.39, 0.29) is 11.4 Å². The van der Waals surface area contributed by atoms with Crippen LogP contribution in [0, 0.1) is 5.82 Å². The van der Waals surface area contributed by atoms with Crippen molar-refractivity contribution in [1.82, 2.24) is 14.8 Å². The molecule has 4 rings (SSSR count). The monoisotopic (exact) mass is 567 g/mol. The average molecular weight is 568 g/mol. The van der Waals surface area contributed by atoms with Crippen molar-refractivity contribution in [3.8, 4) is 0 Å². The van der Waals surface area contributed by atoms with E-state index in [4.69, 9.17) is 0 Å². The van der Waals surface area contributed by atoms with E-state index in [1.165, 1.54) is 34.3 Å². The zero-order valence-electron chi connectivity index (χ0n) is 25.2. The highest BCUT2D eigenvalue weighted by molar-refractivity contribution is 5.90. The number of aromatic nitrogens is 1. The van der Waals surface area contributed by atoms with Gasteiger partial charge in [-0.05, 0) is 81.0 Å². The first-order chi connectivity index (χ1) is 20.4. The predicted octanol–water partition coefficient (Wildman–Crippen LogP) is 7.94. The third-order valence-electron chi connectivity index (χ3n) is 7.75. The van der Waals surface area contributed by atoms with Crippen LogP contribution in [0.3, 0.4) is 0 Å². The van der Waals surface area contributed by atoms with Crippen LogP contribution in [0.5, 0.6) is 0 Å². The van der Waals surface area contributed by atoms with Crippen molar-refractivity contribution in [3.63, 3.8) is 0 Å². The maximum atomic E-state index is 13.6. The first kappa shape index (κ1) is 30.8. The fraction of sp³-hybridized carbons (Fsp3) is 0.306. The number of hydrogen-bond acceptors (Lipinski definition) is 3. The molecule has 2 heterocycles. The lowest BCUT2D eigenvalue weighted by Crippen LogP contribution is -2.37. The number of benzene rings is 2. The lowest BCUT2D eigenvalue weighted by atomic mass is 10.0. The van der Waals surface area contributed by atoms with Gasteiger partial charge in [0.15, 0.2) is 0 Å². The molecule has 0 aliphatic carbocycles. The van der Waals surface area contributed by atoms with Crippen LogP contribution in [0.1, 0.15) is 50.9 Å². The zero-order valence-corrected chi connectivity index (χ0v) is 25.2. The maximum absolute atomic E-state index is 13.6. The molecule has 5 nitrogen and oxygen atoms in total. The van der Waals surface area contributed by atoms with Gasteiger partial charge in [-0.1, -0.05) is 67.6 Å². The number of carbonyl (C=O) groups is 1. The molecule has 0 saturated heterocycles. The number of H-pyrrole nitrogens is 1. The number of para-hydroxylation sites is 1. The van der Waals surface area contributed by atoms with Crippen LogP contribution in [0.15, 0.2) is 108 Å². The van der Waals surface area contributed by atoms with E-state index in [0.717, 1.165) is 55.0 Å².